The third-order valence-electron chi connectivity index (χ3n) is 5.59. The Morgan fingerprint density at radius 2 is 1.41 bits per heavy atom. The highest BCUT2D eigenvalue weighted by Gasteiger charge is 2.05. The van der Waals surface area contributed by atoms with Gasteiger partial charge in [-0.3, -0.25) is 20.1 Å². The topological polar surface area (TPSA) is 159 Å². The number of aromatic nitrogens is 3. The van der Waals surface area contributed by atoms with Crippen LogP contribution >= 0.6 is 18.1 Å². The van der Waals surface area contributed by atoms with Crippen molar-refractivity contribution in [1.29, 1.82) is 0 Å². The molecule has 0 saturated heterocycles. The molecule has 0 atom stereocenters. The predicted molar refractivity (Wildman–Crippen MR) is 162 cm³/mol. The van der Waals surface area contributed by atoms with Crippen molar-refractivity contribution in [3.8, 4) is 0 Å². The summed E-state index contributed by atoms with van der Waals surface area (Å²) in [6, 6.07) is 19.8. The Hall–Kier alpha value is -4.91. The van der Waals surface area contributed by atoms with Gasteiger partial charge in [0.05, 0.1) is 16.8 Å². The zero-order valence-corrected chi connectivity index (χ0v) is 22.4. The maximum atomic E-state index is 10.4. The zero-order valence-electron chi connectivity index (χ0n) is 20.4. The van der Waals surface area contributed by atoms with Crippen LogP contribution in [0.25, 0.3) is 32.3 Å². The number of nitro groups is 1. The molecule has 0 bridgehead atoms. The second-order valence-electron chi connectivity index (χ2n) is 8.14. The lowest BCUT2D eigenvalue weighted by atomic mass is 10.1. The molecule has 0 unspecified atom stereocenters. The number of benzene rings is 3. The summed E-state index contributed by atoms with van der Waals surface area (Å²) in [6.45, 7) is 0. The molecule has 192 valence electrons. The van der Waals surface area contributed by atoms with Gasteiger partial charge in [0, 0.05) is 69.8 Å². The van der Waals surface area contributed by atoms with Crippen molar-refractivity contribution in [3.05, 3.63) is 108 Å². The van der Waals surface area contributed by atoms with Crippen molar-refractivity contribution >= 4 is 78.9 Å². The van der Waals surface area contributed by atoms with Crippen molar-refractivity contribution in [2.45, 2.75) is 0 Å². The minimum absolute atomic E-state index is 0.0977. The second-order valence-corrected chi connectivity index (χ2v) is 8.59. The van der Waals surface area contributed by atoms with Crippen LogP contribution in [-0.2, 0) is 0 Å². The van der Waals surface area contributed by atoms with E-state index in [4.69, 9.17) is 11.5 Å². The summed E-state index contributed by atoms with van der Waals surface area (Å²) in [5.74, 6) is 0.654. The third kappa shape index (κ3) is 6.70. The Labute approximate surface area is 227 Å². The van der Waals surface area contributed by atoms with E-state index in [0.29, 0.717) is 5.82 Å². The SMILES string of the molecule is Nc1ccc2c(N=P)cncc2c1.Nc1ccc2ccnc(N=P)c2c1.O=[N+]([O-])c1ccc2ccncc2c1. The smallest absolute Gasteiger partial charge is 0.270 e. The highest BCUT2D eigenvalue weighted by atomic mass is 31.0. The maximum Gasteiger partial charge on any atom is 0.270 e. The van der Waals surface area contributed by atoms with Crippen LogP contribution in [0.1, 0.15) is 0 Å². The summed E-state index contributed by atoms with van der Waals surface area (Å²) in [6.07, 6.45) is 8.46. The molecule has 6 rings (SSSR count). The minimum Gasteiger partial charge on any atom is -0.399 e. The van der Waals surface area contributed by atoms with Crippen LogP contribution in [0.3, 0.4) is 0 Å². The van der Waals surface area contributed by atoms with E-state index in [0.717, 1.165) is 49.4 Å². The number of hydrogen-bond acceptors (Lipinski definition) is 9. The number of hydrogen-bond donors (Lipinski definition) is 2. The fourth-order valence-corrected chi connectivity index (χ4v) is 4.07. The van der Waals surface area contributed by atoms with Gasteiger partial charge >= 0.3 is 0 Å². The summed E-state index contributed by atoms with van der Waals surface area (Å²) in [7, 11) is 6.17. The molecule has 3 aromatic heterocycles. The molecule has 0 amide bonds. The molecule has 0 spiro atoms. The van der Waals surface area contributed by atoms with Gasteiger partial charge in [0.25, 0.3) is 5.69 Å². The number of nitrogen functional groups attached to an aromatic ring is 2. The average molecular weight is 552 g/mol. The molecule has 3 aromatic carbocycles. The van der Waals surface area contributed by atoms with E-state index < -0.39 is 4.92 Å². The lowest BCUT2D eigenvalue weighted by Crippen LogP contribution is -1.87. The van der Waals surface area contributed by atoms with E-state index in [1.165, 1.54) is 12.1 Å². The Bertz CT molecular complexity index is 1830. The first-order valence-corrected chi connectivity index (χ1v) is 12.3. The van der Waals surface area contributed by atoms with Gasteiger partial charge in [0.1, 0.15) is 0 Å². The van der Waals surface area contributed by atoms with E-state index in [1.54, 1.807) is 37.1 Å². The number of non-ortho nitro benzene ring substituents is 1. The summed E-state index contributed by atoms with van der Waals surface area (Å²) >= 11 is 0. The monoisotopic (exact) mass is 552 g/mol. The van der Waals surface area contributed by atoms with Crippen LogP contribution in [0.15, 0.2) is 107 Å². The third-order valence-corrected chi connectivity index (χ3v) is 6.05. The summed E-state index contributed by atoms with van der Waals surface area (Å²) in [5.41, 5.74) is 13.7. The molecule has 0 aliphatic rings. The van der Waals surface area contributed by atoms with Gasteiger partial charge in [-0.25, -0.2) is 14.5 Å². The Morgan fingerprint density at radius 3 is 2.18 bits per heavy atom. The molecular weight excluding hydrogens is 530 g/mol. The molecule has 39 heavy (non-hydrogen) atoms. The van der Waals surface area contributed by atoms with Crippen LogP contribution in [0.2, 0.25) is 0 Å². The summed E-state index contributed by atoms with van der Waals surface area (Å²) < 4.78 is 7.81. The standard InChI is InChI=1S/2C9H8N3P.C9H6N2O2/c10-7-1-2-8-6(3-7)4-11-5-9(8)12-13;10-7-2-1-6-3-4-11-9(12-13)8(6)5-7;12-11(13)9-2-1-7-3-4-10-6-8(7)5-9/h2*1-5,13H,10H2;1-6H. The molecule has 0 saturated carbocycles. The van der Waals surface area contributed by atoms with E-state index >= 15 is 0 Å². The van der Waals surface area contributed by atoms with Gasteiger partial charge < -0.3 is 11.5 Å². The van der Waals surface area contributed by atoms with Gasteiger partial charge in [0.2, 0.25) is 0 Å². The number of fused-ring (bicyclic) bond motifs is 3. The van der Waals surface area contributed by atoms with E-state index in [-0.39, 0.29) is 5.69 Å². The fraction of sp³-hybridized carbons (Fsp3) is 0. The van der Waals surface area contributed by atoms with Crippen LogP contribution in [0.5, 0.6) is 0 Å². The van der Waals surface area contributed by atoms with Crippen molar-refractivity contribution in [3.63, 3.8) is 0 Å². The summed E-state index contributed by atoms with van der Waals surface area (Å²) in [5, 5.41) is 16.3. The van der Waals surface area contributed by atoms with Crippen molar-refractivity contribution in [1.82, 2.24) is 15.0 Å². The second kappa shape index (κ2) is 12.6. The molecule has 4 N–H and O–H groups in total. The first-order chi connectivity index (χ1) is 18.9. The van der Waals surface area contributed by atoms with Crippen molar-refractivity contribution < 1.29 is 4.92 Å². The van der Waals surface area contributed by atoms with Crippen LogP contribution < -0.4 is 11.5 Å². The number of pyridine rings is 3. The number of nitrogens with two attached hydrogens (primary N) is 2. The molecule has 0 aliphatic heterocycles. The molecule has 0 aliphatic carbocycles. The van der Waals surface area contributed by atoms with Gasteiger partial charge in [-0.2, -0.15) is 0 Å². The van der Waals surface area contributed by atoms with E-state index in [9.17, 15) is 10.1 Å². The maximum absolute atomic E-state index is 10.4. The largest absolute Gasteiger partial charge is 0.399 e. The summed E-state index contributed by atoms with van der Waals surface area (Å²) in [4.78, 5) is 22.1. The van der Waals surface area contributed by atoms with Crippen LogP contribution in [0.4, 0.5) is 28.6 Å². The highest BCUT2D eigenvalue weighted by molar-refractivity contribution is 7.04. The number of nitrogens with zero attached hydrogens (tertiary/aromatic N) is 6. The minimum atomic E-state index is -0.410. The lowest BCUT2D eigenvalue weighted by Gasteiger charge is -2.00. The van der Waals surface area contributed by atoms with Gasteiger partial charge in [-0.1, -0.05) is 12.1 Å². The molecular formula is C27H22N8O2P2. The van der Waals surface area contributed by atoms with Crippen molar-refractivity contribution in [2.24, 2.45) is 9.49 Å². The number of nitro benzene ring substituents is 1. The van der Waals surface area contributed by atoms with Gasteiger partial charge in [-0.15, -0.1) is 0 Å². The van der Waals surface area contributed by atoms with E-state index in [1.807, 2.05) is 48.5 Å². The zero-order chi connectivity index (χ0) is 27.8. The van der Waals surface area contributed by atoms with Gasteiger partial charge in [0.15, 0.2) is 5.82 Å². The lowest BCUT2D eigenvalue weighted by molar-refractivity contribution is -0.384. The first kappa shape index (κ1) is 27.1. The fourth-order valence-electron chi connectivity index (χ4n) is 3.71. The molecule has 12 heteroatoms. The average Bonchev–Trinajstić information content (AvgIpc) is 2.96. The Kier molecular flexibility index (Phi) is 8.74. The molecule has 6 aromatic rings. The highest BCUT2D eigenvalue weighted by Crippen LogP contribution is 2.27. The molecule has 3 heterocycles. The Morgan fingerprint density at radius 1 is 0.692 bits per heavy atom. The molecule has 0 radical (unpaired) electrons. The number of anilines is 2. The van der Waals surface area contributed by atoms with Crippen molar-refractivity contribution in [2.75, 3.05) is 11.5 Å². The van der Waals surface area contributed by atoms with E-state index in [2.05, 4.69) is 42.5 Å². The number of rotatable bonds is 3. The predicted octanol–water partition coefficient (Wildman–Crippen LogP) is 7.69. The quantitative estimate of drug-likeness (QED) is 0.0985. The normalized spacial score (nSPS) is 10.2. The molecule has 0 fully saturated rings. The van der Waals surface area contributed by atoms with Gasteiger partial charge in [-0.05, 0) is 71.3 Å². The molecule has 10 nitrogen and oxygen atoms in total. The first-order valence-electron chi connectivity index (χ1n) is 11.4. The Balaban J connectivity index is 0.000000136. The van der Waals surface area contributed by atoms with Crippen LogP contribution in [0, 0.1) is 10.1 Å². The van der Waals surface area contributed by atoms with Crippen LogP contribution in [-0.4, -0.2) is 19.9 Å².